The average molecular weight is 257 g/mol. The summed E-state index contributed by atoms with van der Waals surface area (Å²) in [7, 11) is 1.97. The van der Waals surface area contributed by atoms with Crippen molar-refractivity contribution in [2.24, 2.45) is 7.05 Å². The van der Waals surface area contributed by atoms with E-state index in [1.807, 2.05) is 54.2 Å². The molecule has 2 rings (SSSR count). The fourth-order valence-corrected chi connectivity index (χ4v) is 1.96. The highest BCUT2D eigenvalue weighted by Gasteiger charge is 2.04. The maximum atomic E-state index is 11.8. The van der Waals surface area contributed by atoms with Crippen molar-refractivity contribution >= 4 is 11.6 Å². The molecule has 3 N–H and O–H groups in total. The maximum absolute atomic E-state index is 11.8. The zero-order chi connectivity index (χ0) is 13.7. The summed E-state index contributed by atoms with van der Waals surface area (Å²) in [5, 5.41) is 2.92. The van der Waals surface area contributed by atoms with E-state index in [0.29, 0.717) is 19.4 Å². The molecule has 0 spiro atoms. The first kappa shape index (κ1) is 13.2. The average Bonchev–Trinajstić information content (AvgIpc) is 2.80. The topological polar surface area (TPSA) is 60.0 Å². The molecule has 2 aromatic rings. The Morgan fingerprint density at radius 1 is 1.32 bits per heavy atom. The van der Waals surface area contributed by atoms with Gasteiger partial charge in [-0.25, -0.2) is 0 Å². The zero-order valence-electron chi connectivity index (χ0n) is 11.1. The molecule has 0 unspecified atom stereocenters. The van der Waals surface area contributed by atoms with Crippen LogP contribution in [0.3, 0.4) is 0 Å². The van der Waals surface area contributed by atoms with Gasteiger partial charge < -0.3 is 15.6 Å². The molecule has 4 heteroatoms. The number of nitrogens with two attached hydrogens (primary N) is 1. The second-order valence-electron chi connectivity index (χ2n) is 4.63. The number of amides is 1. The van der Waals surface area contributed by atoms with Gasteiger partial charge in [-0.05, 0) is 36.2 Å². The van der Waals surface area contributed by atoms with Gasteiger partial charge in [-0.2, -0.15) is 0 Å². The number of nitrogen functional groups attached to an aromatic ring is 1. The van der Waals surface area contributed by atoms with Crippen LogP contribution in [0.25, 0.3) is 0 Å². The van der Waals surface area contributed by atoms with Gasteiger partial charge in [0.25, 0.3) is 0 Å². The highest BCUT2D eigenvalue weighted by atomic mass is 16.1. The van der Waals surface area contributed by atoms with Crippen LogP contribution < -0.4 is 11.1 Å². The molecule has 0 aliphatic heterocycles. The fraction of sp³-hybridized carbons (Fsp3) is 0.267. The van der Waals surface area contributed by atoms with Crippen LogP contribution in [0.4, 0.5) is 5.69 Å². The monoisotopic (exact) mass is 257 g/mol. The lowest BCUT2D eigenvalue weighted by Gasteiger charge is -2.07. The molecule has 1 amide bonds. The summed E-state index contributed by atoms with van der Waals surface area (Å²) in [6, 6.07) is 11.6. The van der Waals surface area contributed by atoms with Gasteiger partial charge in [0, 0.05) is 31.0 Å². The zero-order valence-corrected chi connectivity index (χ0v) is 11.1. The van der Waals surface area contributed by atoms with Crippen molar-refractivity contribution in [2.45, 2.75) is 19.4 Å². The second-order valence-corrected chi connectivity index (χ2v) is 4.63. The highest BCUT2D eigenvalue weighted by molar-refractivity contribution is 5.76. The molecule has 4 nitrogen and oxygen atoms in total. The molecule has 100 valence electrons. The first-order valence-corrected chi connectivity index (χ1v) is 6.36. The number of aromatic nitrogens is 1. The number of hydrogen-bond donors (Lipinski definition) is 2. The van der Waals surface area contributed by atoms with E-state index in [9.17, 15) is 4.79 Å². The van der Waals surface area contributed by atoms with E-state index < -0.39 is 0 Å². The van der Waals surface area contributed by atoms with E-state index in [4.69, 9.17) is 5.73 Å². The van der Waals surface area contributed by atoms with E-state index in [1.165, 1.54) is 0 Å². The molecule has 0 radical (unpaired) electrons. The second kappa shape index (κ2) is 6.09. The van der Waals surface area contributed by atoms with Crippen molar-refractivity contribution in [3.63, 3.8) is 0 Å². The number of nitrogens with zero attached hydrogens (tertiary/aromatic N) is 1. The van der Waals surface area contributed by atoms with Crippen LogP contribution in [0.5, 0.6) is 0 Å². The molecular weight excluding hydrogens is 238 g/mol. The first-order chi connectivity index (χ1) is 9.15. The molecule has 1 heterocycles. The van der Waals surface area contributed by atoms with Gasteiger partial charge in [0.15, 0.2) is 0 Å². The standard InChI is InChI=1S/C15H19N3O/c1-18-9-3-6-14(18)11-17-15(19)8-7-12-4-2-5-13(16)10-12/h2-6,9-10H,7-8,11,16H2,1H3,(H,17,19). The number of rotatable bonds is 5. The lowest BCUT2D eigenvalue weighted by molar-refractivity contribution is -0.121. The van der Waals surface area contributed by atoms with Gasteiger partial charge in [0.05, 0.1) is 6.54 Å². The Kier molecular flexibility index (Phi) is 4.23. The van der Waals surface area contributed by atoms with Crippen LogP contribution in [0, 0.1) is 0 Å². The molecule has 0 fully saturated rings. The number of anilines is 1. The summed E-state index contributed by atoms with van der Waals surface area (Å²) in [4.78, 5) is 11.8. The molecule has 0 aliphatic rings. The number of carbonyl (C=O) groups excluding carboxylic acids is 1. The van der Waals surface area contributed by atoms with Crippen LogP contribution in [0.15, 0.2) is 42.6 Å². The van der Waals surface area contributed by atoms with Gasteiger partial charge in [-0.3, -0.25) is 4.79 Å². The number of benzene rings is 1. The van der Waals surface area contributed by atoms with E-state index >= 15 is 0 Å². The Hall–Kier alpha value is -2.23. The molecule has 0 aliphatic carbocycles. The Morgan fingerprint density at radius 2 is 2.16 bits per heavy atom. The highest BCUT2D eigenvalue weighted by Crippen LogP contribution is 2.08. The SMILES string of the molecule is Cn1cccc1CNC(=O)CCc1cccc(N)c1. The third-order valence-electron chi connectivity index (χ3n) is 3.11. The quantitative estimate of drug-likeness (QED) is 0.803. The summed E-state index contributed by atoms with van der Waals surface area (Å²) < 4.78 is 2.00. The summed E-state index contributed by atoms with van der Waals surface area (Å²) >= 11 is 0. The van der Waals surface area contributed by atoms with E-state index in [1.54, 1.807) is 0 Å². The van der Waals surface area contributed by atoms with E-state index in [0.717, 1.165) is 16.9 Å². The Labute approximate surface area is 113 Å². The lowest BCUT2D eigenvalue weighted by Crippen LogP contribution is -2.24. The van der Waals surface area contributed by atoms with Gasteiger partial charge in [0.1, 0.15) is 0 Å². The van der Waals surface area contributed by atoms with Crippen LogP contribution in [0.2, 0.25) is 0 Å². The molecule has 19 heavy (non-hydrogen) atoms. The van der Waals surface area contributed by atoms with Crippen LogP contribution in [-0.2, 0) is 24.8 Å². The Balaban J connectivity index is 1.77. The number of carbonyl (C=O) groups is 1. The minimum atomic E-state index is 0.0589. The van der Waals surface area contributed by atoms with Crippen molar-refractivity contribution in [3.05, 3.63) is 53.9 Å². The van der Waals surface area contributed by atoms with Crippen molar-refractivity contribution < 1.29 is 4.79 Å². The van der Waals surface area contributed by atoms with Crippen LogP contribution in [-0.4, -0.2) is 10.5 Å². The predicted octanol–water partition coefficient (Wildman–Crippen LogP) is 1.86. The molecule has 1 aromatic carbocycles. The first-order valence-electron chi connectivity index (χ1n) is 6.36. The fourth-order valence-electron chi connectivity index (χ4n) is 1.96. The third kappa shape index (κ3) is 3.88. The lowest BCUT2D eigenvalue weighted by atomic mass is 10.1. The summed E-state index contributed by atoms with van der Waals surface area (Å²) in [6.45, 7) is 0.569. The molecule has 0 bridgehead atoms. The third-order valence-corrected chi connectivity index (χ3v) is 3.11. The maximum Gasteiger partial charge on any atom is 0.220 e. The molecule has 0 saturated heterocycles. The van der Waals surface area contributed by atoms with Crippen LogP contribution >= 0.6 is 0 Å². The molecule has 1 aromatic heterocycles. The van der Waals surface area contributed by atoms with Crippen molar-refractivity contribution in [2.75, 3.05) is 5.73 Å². The number of hydrogen-bond acceptors (Lipinski definition) is 2. The Morgan fingerprint density at radius 3 is 2.84 bits per heavy atom. The largest absolute Gasteiger partial charge is 0.399 e. The number of aryl methyl sites for hydroxylation is 2. The van der Waals surface area contributed by atoms with Gasteiger partial charge in [-0.15, -0.1) is 0 Å². The number of nitrogens with one attached hydrogen (secondary N) is 1. The normalized spacial score (nSPS) is 10.4. The van der Waals surface area contributed by atoms with Crippen molar-refractivity contribution in [3.8, 4) is 0 Å². The van der Waals surface area contributed by atoms with Gasteiger partial charge in [0.2, 0.25) is 5.91 Å². The van der Waals surface area contributed by atoms with Crippen molar-refractivity contribution in [1.82, 2.24) is 9.88 Å². The predicted molar refractivity (Wildman–Crippen MR) is 76.4 cm³/mol. The minimum absolute atomic E-state index is 0.0589. The minimum Gasteiger partial charge on any atom is -0.399 e. The molecule has 0 saturated carbocycles. The van der Waals surface area contributed by atoms with Gasteiger partial charge >= 0.3 is 0 Å². The summed E-state index contributed by atoms with van der Waals surface area (Å²) in [5.74, 6) is 0.0589. The van der Waals surface area contributed by atoms with Crippen molar-refractivity contribution in [1.29, 1.82) is 0 Å². The molecular formula is C15H19N3O. The Bertz CT molecular complexity index is 560. The smallest absolute Gasteiger partial charge is 0.220 e. The van der Waals surface area contributed by atoms with Gasteiger partial charge in [-0.1, -0.05) is 12.1 Å². The van der Waals surface area contributed by atoms with Crippen LogP contribution in [0.1, 0.15) is 17.7 Å². The molecule has 0 atom stereocenters. The summed E-state index contributed by atoms with van der Waals surface area (Å²) in [6.07, 6.45) is 3.16. The summed E-state index contributed by atoms with van der Waals surface area (Å²) in [5.41, 5.74) is 8.63. The van der Waals surface area contributed by atoms with E-state index in [-0.39, 0.29) is 5.91 Å². The van der Waals surface area contributed by atoms with E-state index in [2.05, 4.69) is 5.32 Å².